The van der Waals surface area contributed by atoms with Crippen molar-refractivity contribution in [2.45, 2.75) is 31.9 Å². The van der Waals surface area contributed by atoms with Crippen molar-refractivity contribution in [3.63, 3.8) is 0 Å². The Labute approximate surface area is 205 Å². The van der Waals surface area contributed by atoms with Crippen LogP contribution in [0.4, 0.5) is 10.5 Å². The molecule has 4 rings (SSSR count). The molecule has 0 aliphatic carbocycles. The van der Waals surface area contributed by atoms with Gasteiger partial charge in [-0.2, -0.15) is 0 Å². The molecule has 0 bridgehead atoms. The third kappa shape index (κ3) is 5.96. The highest BCUT2D eigenvalue weighted by Gasteiger charge is 2.24. The number of hydrogen-bond donors (Lipinski definition) is 1. The normalized spacial score (nSPS) is 16.4. The number of methoxy groups -OCH3 is 1. The van der Waals surface area contributed by atoms with E-state index in [0.29, 0.717) is 19.7 Å². The molecule has 0 saturated carbocycles. The first-order chi connectivity index (χ1) is 17.1. The lowest BCUT2D eigenvalue weighted by Gasteiger charge is -2.21. The molecular formula is C27H32N4O4. The Bertz CT molecular complexity index is 1110. The Morgan fingerprint density at radius 2 is 1.91 bits per heavy atom. The minimum atomic E-state index is -0.302. The molecule has 2 heterocycles. The van der Waals surface area contributed by atoms with Gasteiger partial charge in [0.2, 0.25) is 0 Å². The summed E-state index contributed by atoms with van der Waals surface area (Å²) in [4.78, 5) is 13.4. The number of allylic oxidation sites excluding steroid dienone is 1. The number of ether oxygens (including phenoxy) is 2. The van der Waals surface area contributed by atoms with Crippen molar-refractivity contribution in [2.24, 2.45) is 5.92 Å². The van der Waals surface area contributed by atoms with E-state index in [1.807, 2.05) is 65.5 Å². The second-order valence-corrected chi connectivity index (χ2v) is 8.64. The minimum absolute atomic E-state index is 0.0123. The zero-order valence-corrected chi connectivity index (χ0v) is 20.2. The highest BCUT2D eigenvalue weighted by molar-refractivity contribution is 5.89. The third-order valence-electron chi connectivity index (χ3n) is 6.29. The molecule has 1 aliphatic rings. The monoisotopic (exact) mass is 476 g/mol. The van der Waals surface area contributed by atoms with Crippen molar-refractivity contribution >= 4 is 11.8 Å². The van der Waals surface area contributed by atoms with Crippen LogP contribution in [0, 0.1) is 5.92 Å². The molecule has 1 amide bonds. The summed E-state index contributed by atoms with van der Waals surface area (Å²) < 4.78 is 12.6. The van der Waals surface area contributed by atoms with Gasteiger partial charge in [0.1, 0.15) is 6.61 Å². The summed E-state index contributed by atoms with van der Waals surface area (Å²) in [6.07, 6.45) is 6.59. The molecule has 3 aromatic rings. The van der Waals surface area contributed by atoms with Gasteiger partial charge in [-0.15, -0.1) is 5.10 Å². The molecule has 8 nitrogen and oxygen atoms in total. The SMILES string of the molecule is CO[C@H](c1ccc(N2CCOC2=O)cc1)[C@H](C)/C=C/CCn1cc(C(CO)c2ccccc2)nn1. The minimum Gasteiger partial charge on any atom is -0.447 e. The quantitative estimate of drug-likeness (QED) is 0.415. The van der Waals surface area contributed by atoms with Crippen LogP contribution in [0.3, 0.4) is 0 Å². The number of cyclic esters (lactones) is 1. The van der Waals surface area contributed by atoms with Gasteiger partial charge in [-0.3, -0.25) is 9.58 Å². The summed E-state index contributed by atoms with van der Waals surface area (Å²) in [5.74, 6) is -0.0174. The van der Waals surface area contributed by atoms with Crippen molar-refractivity contribution < 1.29 is 19.4 Å². The molecule has 0 spiro atoms. The van der Waals surface area contributed by atoms with E-state index in [1.54, 1.807) is 12.0 Å². The van der Waals surface area contributed by atoms with E-state index in [-0.39, 0.29) is 30.6 Å². The largest absolute Gasteiger partial charge is 0.447 e. The van der Waals surface area contributed by atoms with Crippen LogP contribution in [0.15, 0.2) is 72.9 Å². The first-order valence-electron chi connectivity index (χ1n) is 11.9. The first kappa shape index (κ1) is 24.6. The van der Waals surface area contributed by atoms with Crippen LogP contribution in [0.5, 0.6) is 0 Å². The fourth-order valence-corrected chi connectivity index (χ4v) is 4.38. The topological polar surface area (TPSA) is 89.7 Å². The van der Waals surface area contributed by atoms with E-state index < -0.39 is 0 Å². The number of anilines is 1. The molecular weight excluding hydrogens is 444 g/mol. The van der Waals surface area contributed by atoms with Gasteiger partial charge in [0.05, 0.1) is 30.9 Å². The fraction of sp³-hybridized carbons (Fsp3) is 0.370. The highest BCUT2D eigenvalue weighted by atomic mass is 16.6. The van der Waals surface area contributed by atoms with Gasteiger partial charge in [-0.1, -0.05) is 66.8 Å². The molecule has 3 atom stereocenters. The van der Waals surface area contributed by atoms with Crippen LogP contribution in [0.25, 0.3) is 0 Å². The fourth-order valence-electron chi connectivity index (χ4n) is 4.38. The number of hydrogen-bond acceptors (Lipinski definition) is 6. The standard InChI is InChI=1S/C27H32N4O4/c1-20(26(34-2)22-11-13-23(14-12-22)31-16-17-35-27(31)33)8-6-7-15-30-18-25(28-29-30)24(19-32)21-9-4-3-5-10-21/h3-6,8-14,18,20,24,26,32H,7,15-17,19H2,1-2H3/b8-6+/t20-,24?,26+/m1/s1. The van der Waals surface area contributed by atoms with E-state index in [4.69, 9.17) is 9.47 Å². The summed E-state index contributed by atoms with van der Waals surface area (Å²) in [6, 6.07) is 17.7. The Morgan fingerprint density at radius 3 is 2.57 bits per heavy atom. The highest BCUT2D eigenvalue weighted by Crippen LogP contribution is 2.29. The number of nitrogens with zero attached hydrogens (tertiary/aromatic N) is 4. The van der Waals surface area contributed by atoms with Crippen LogP contribution < -0.4 is 4.90 Å². The van der Waals surface area contributed by atoms with E-state index in [1.165, 1.54) is 0 Å². The predicted molar refractivity (Wildman–Crippen MR) is 133 cm³/mol. The molecule has 1 aliphatic heterocycles. The van der Waals surface area contributed by atoms with Gasteiger partial charge in [0, 0.05) is 31.5 Å². The lowest BCUT2D eigenvalue weighted by Crippen LogP contribution is -2.23. The average Bonchev–Trinajstić information content (AvgIpc) is 3.53. The van der Waals surface area contributed by atoms with Crippen molar-refractivity contribution in [1.29, 1.82) is 0 Å². The molecule has 1 N–H and O–H groups in total. The summed E-state index contributed by atoms with van der Waals surface area (Å²) in [5, 5.41) is 18.4. The second kappa shape index (κ2) is 11.8. The Kier molecular flexibility index (Phi) is 8.28. The van der Waals surface area contributed by atoms with Crippen molar-refractivity contribution in [1.82, 2.24) is 15.0 Å². The van der Waals surface area contributed by atoms with Crippen molar-refractivity contribution in [3.8, 4) is 0 Å². The van der Waals surface area contributed by atoms with E-state index >= 15 is 0 Å². The van der Waals surface area contributed by atoms with Crippen LogP contribution in [-0.2, 0) is 16.0 Å². The molecule has 35 heavy (non-hydrogen) atoms. The number of carbonyl (C=O) groups excluding carboxylic acids is 1. The van der Waals surface area contributed by atoms with Crippen molar-refractivity contribution in [2.75, 3.05) is 31.8 Å². The number of aryl methyl sites for hydroxylation is 1. The summed E-state index contributed by atoms with van der Waals surface area (Å²) in [6.45, 7) is 3.80. The molecule has 2 aromatic carbocycles. The molecule has 1 fully saturated rings. The number of aliphatic hydroxyl groups excluding tert-OH is 1. The molecule has 8 heteroatoms. The van der Waals surface area contributed by atoms with E-state index in [2.05, 4.69) is 29.4 Å². The van der Waals surface area contributed by atoms with E-state index in [9.17, 15) is 9.90 Å². The maximum absolute atomic E-state index is 11.8. The Hall–Kier alpha value is -3.49. The molecule has 1 aromatic heterocycles. The van der Waals surface area contributed by atoms with Gasteiger partial charge in [0.25, 0.3) is 0 Å². The van der Waals surface area contributed by atoms with Crippen molar-refractivity contribution in [3.05, 3.63) is 89.8 Å². The number of rotatable bonds is 11. The molecule has 1 unspecified atom stereocenters. The van der Waals surface area contributed by atoms with Gasteiger partial charge in [0.15, 0.2) is 0 Å². The molecule has 1 saturated heterocycles. The van der Waals surface area contributed by atoms with Gasteiger partial charge in [-0.25, -0.2) is 4.79 Å². The average molecular weight is 477 g/mol. The predicted octanol–water partition coefficient (Wildman–Crippen LogP) is 4.33. The lowest BCUT2D eigenvalue weighted by atomic mass is 9.96. The van der Waals surface area contributed by atoms with Gasteiger partial charge >= 0.3 is 6.09 Å². The second-order valence-electron chi connectivity index (χ2n) is 8.64. The van der Waals surface area contributed by atoms with E-state index in [0.717, 1.165) is 28.9 Å². The van der Waals surface area contributed by atoms with Crippen LogP contribution >= 0.6 is 0 Å². The van der Waals surface area contributed by atoms with Gasteiger partial charge < -0.3 is 14.6 Å². The Balaban J connectivity index is 1.31. The molecule has 0 radical (unpaired) electrons. The number of aromatic nitrogens is 3. The maximum atomic E-state index is 11.8. The zero-order valence-electron chi connectivity index (χ0n) is 20.2. The number of aliphatic hydroxyl groups is 1. The lowest BCUT2D eigenvalue weighted by molar-refractivity contribution is 0.0741. The maximum Gasteiger partial charge on any atom is 0.414 e. The van der Waals surface area contributed by atoms with Gasteiger partial charge in [-0.05, 0) is 29.7 Å². The summed E-state index contributed by atoms with van der Waals surface area (Å²) in [7, 11) is 1.71. The van der Waals surface area contributed by atoms with Crippen LogP contribution in [0.1, 0.15) is 42.2 Å². The number of carbonyl (C=O) groups is 1. The van der Waals surface area contributed by atoms with Crippen LogP contribution in [-0.4, -0.2) is 53.1 Å². The van der Waals surface area contributed by atoms with Crippen LogP contribution in [0.2, 0.25) is 0 Å². The Morgan fingerprint density at radius 1 is 1.14 bits per heavy atom. The summed E-state index contributed by atoms with van der Waals surface area (Å²) >= 11 is 0. The smallest absolute Gasteiger partial charge is 0.414 e. The summed E-state index contributed by atoms with van der Waals surface area (Å²) in [5.41, 5.74) is 3.67. The molecule has 184 valence electrons. The first-order valence-corrected chi connectivity index (χ1v) is 11.9. The number of amides is 1. The zero-order chi connectivity index (χ0) is 24.6. The third-order valence-corrected chi connectivity index (χ3v) is 6.29. The number of benzene rings is 2.